The lowest BCUT2D eigenvalue weighted by molar-refractivity contribution is 0.725. The van der Waals surface area contributed by atoms with Crippen LogP contribution >= 0.6 is 11.3 Å². The van der Waals surface area contributed by atoms with Gasteiger partial charge in [0, 0.05) is 18.0 Å². The summed E-state index contributed by atoms with van der Waals surface area (Å²) in [4.78, 5) is 4.23. The molecule has 0 atom stereocenters. The van der Waals surface area contributed by atoms with Crippen molar-refractivity contribution in [1.82, 2.24) is 24.8 Å². The predicted octanol–water partition coefficient (Wildman–Crippen LogP) is 1.34. The van der Waals surface area contributed by atoms with Crippen molar-refractivity contribution in [1.29, 1.82) is 0 Å². The van der Waals surface area contributed by atoms with Crippen molar-refractivity contribution in [3.63, 3.8) is 0 Å². The van der Waals surface area contributed by atoms with Gasteiger partial charge in [-0.05, 0) is 25.0 Å². The van der Waals surface area contributed by atoms with Crippen molar-refractivity contribution in [2.24, 2.45) is 0 Å². The molecule has 0 unspecified atom stereocenters. The van der Waals surface area contributed by atoms with Gasteiger partial charge in [0.2, 0.25) is 0 Å². The van der Waals surface area contributed by atoms with Crippen molar-refractivity contribution >= 4 is 22.1 Å². The Bertz CT molecular complexity index is 658. The number of anilines is 1. The molecule has 0 aromatic carbocycles. The van der Waals surface area contributed by atoms with Gasteiger partial charge in [0.1, 0.15) is 0 Å². The second kappa shape index (κ2) is 4.69. The molecule has 0 amide bonds. The third-order valence-corrected chi connectivity index (χ3v) is 3.37. The zero-order valence-corrected chi connectivity index (χ0v) is 10.5. The summed E-state index contributed by atoms with van der Waals surface area (Å²) >= 11 is 1.48. The fraction of sp³-hybridized carbons (Fsp3) is 0.273. The Hall–Kier alpha value is -2.02. The Morgan fingerprint density at radius 1 is 1.28 bits per heavy atom. The first-order chi connectivity index (χ1) is 8.83. The molecular weight excluding hydrogens is 248 g/mol. The van der Waals surface area contributed by atoms with E-state index in [1.54, 1.807) is 10.7 Å². The fourth-order valence-corrected chi connectivity index (χ4v) is 2.41. The molecule has 3 rings (SSSR count). The lowest BCUT2D eigenvalue weighted by atomic mass is 10.2. The van der Waals surface area contributed by atoms with Crippen molar-refractivity contribution in [3.05, 3.63) is 35.2 Å². The van der Waals surface area contributed by atoms with Gasteiger partial charge in [-0.15, -0.1) is 21.5 Å². The lowest BCUT2D eigenvalue weighted by Crippen LogP contribution is -1.99. The summed E-state index contributed by atoms with van der Waals surface area (Å²) in [5.74, 6) is 0.883. The summed E-state index contributed by atoms with van der Waals surface area (Å²) in [7, 11) is 0. The number of nitrogens with zero attached hydrogens (tertiary/aromatic N) is 5. The highest BCUT2D eigenvalue weighted by Gasteiger charge is 2.06. The van der Waals surface area contributed by atoms with E-state index in [1.807, 2.05) is 17.5 Å². The molecule has 0 saturated heterocycles. The van der Waals surface area contributed by atoms with E-state index < -0.39 is 0 Å². The fourth-order valence-electron chi connectivity index (χ4n) is 1.81. The van der Waals surface area contributed by atoms with Gasteiger partial charge in [0.25, 0.3) is 0 Å². The molecule has 7 heteroatoms. The van der Waals surface area contributed by atoms with Gasteiger partial charge < -0.3 is 5.73 Å². The molecule has 0 aliphatic heterocycles. The van der Waals surface area contributed by atoms with Gasteiger partial charge in [0.05, 0.1) is 5.69 Å². The average molecular weight is 260 g/mol. The Kier molecular flexibility index (Phi) is 2.89. The smallest absolute Gasteiger partial charge is 0.180 e. The number of hydrogen-bond donors (Lipinski definition) is 1. The van der Waals surface area contributed by atoms with Crippen molar-refractivity contribution in [2.75, 3.05) is 5.73 Å². The topological polar surface area (TPSA) is 82.0 Å². The van der Waals surface area contributed by atoms with Gasteiger partial charge in [0.15, 0.2) is 16.6 Å². The first-order valence-corrected chi connectivity index (χ1v) is 6.56. The normalized spacial score (nSPS) is 11.1. The Labute approximate surface area is 107 Å². The zero-order valence-electron chi connectivity index (χ0n) is 9.65. The van der Waals surface area contributed by atoms with Crippen LogP contribution in [-0.4, -0.2) is 24.8 Å². The Morgan fingerprint density at radius 2 is 2.22 bits per heavy atom. The van der Waals surface area contributed by atoms with Gasteiger partial charge in [-0.3, -0.25) is 0 Å². The zero-order chi connectivity index (χ0) is 12.4. The third-order valence-electron chi connectivity index (χ3n) is 2.65. The SMILES string of the molecule is Nc1nc(CCCc2nnc3cccnn23)cs1. The first-order valence-electron chi connectivity index (χ1n) is 5.68. The van der Waals surface area contributed by atoms with E-state index in [0.717, 1.165) is 36.4 Å². The second-order valence-electron chi connectivity index (χ2n) is 3.94. The minimum Gasteiger partial charge on any atom is -0.375 e. The molecule has 0 aliphatic carbocycles. The molecule has 0 bridgehead atoms. The third kappa shape index (κ3) is 2.17. The highest BCUT2D eigenvalue weighted by molar-refractivity contribution is 7.13. The predicted molar refractivity (Wildman–Crippen MR) is 69.3 cm³/mol. The quantitative estimate of drug-likeness (QED) is 0.765. The molecule has 3 aromatic heterocycles. The van der Waals surface area contributed by atoms with E-state index >= 15 is 0 Å². The molecule has 18 heavy (non-hydrogen) atoms. The Morgan fingerprint density at radius 3 is 3.06 bits per heavy atom. The molecule has 0 fully saturated rings. The van der Waals surface area contributed by atoms with Crippen LogP contribution in [-0.2, 0) is 12.8 Å². The number of rotatable bonds is 4. The van der Waals surface area contributed by atoms with Crippen LogP contribution in [0.1, 0.15) is 17.9 Å². The van der Waals surface area contributed by atoms with Crippen LogP contribution in [0.4, 0.5) is 5.13 Å². The summed E-state index contributed by atoms with van der Waals surface area (Å²) < 4.78 is 1.77. The Balaban J connectivity index is 1.66. The number of fused-ring (bicyclic) bond motifs is 1. The minimum atomic E-state index is 0.625. The molecule has 0 radical (unpaired) electrons. The maximum atomic E-state index is 5.59. The van der Waals surface area contributed by atoms with Crippen LogP contribution in [0, 0.1) is 0 Å². The van der Waals surface area contributed by atoms with Crippen molar-refractivity contribution < 1.29 is 0 Å². The van der Waals surface area contributed by atoms with Crippen LogP contribution in [0.15, 0.2) is 23.7 Å². The second-order valence-corrected chi connectivity index (χ2v) is 4.83. The molecule has 0 aliphatic rings. The lowest BCUT2D eigenvalue weighted by Gasteiger charge is -1.97. The number of thiazole rings is 1. The van der Waals surface area contributed by atoms with Crippen LogP contribution in [0.5, 0.6) is 0 Å². The van der Waals surface area contributed by atoms with E-state index in [2.05, 4.69) is 20.3 Å². The van der Waals surface area contributed by atoms with E-state index in [-0.39, 0.29) is 0 Å². The summed E-state index contributed by atoms with van der Waals surface area (Å²) in [5, 5.41) is 15.1. The maximum absolute atomic E-state index is 5.59. The highest BCUT2D eigenvalue weighted by Crippen LogP contribution is 2.13. The van der Waals surface area contributed by atoms with E-state index in [4.69, 9.17) is 5.73 Å². The summed E-state index contributed by atoms with van der Waals surface area (Å²) in [6, 6.07) is 3.75. The number of nitrogens with two attached hydrogens (primary N) is 1. The van der Waals surface area contributed by atoms with Crippen LogP contribution < -0.4 is 5.73 Å². The number of aromatic nitrogens is 5. The maximum Gasteiger partial charge on any atom is 0.180 e. The van der Waals surface area contributed by atoms with Gasteiger partial charge in [-0.1, -0.05) is 0 Å². The summed E-state index contributed by atoms with van der Waals surface area (Å²) in [6.45, 7) is 0. The van der Waals surface area contributed by atoms with Gasteiger partial charge in [-0.25, -0.2) is 4.98 Å². The minimum absolute atomic E-state index is 0.625. The van der Waals surface area contributed by atoms with E-state index in [0.29, 0.717) is 5.13 Å². The van der Waals surface area contributed by atoms with Crippen LogP contribution in [0.3, 0.4) is 0 Å². The van der Waals surface area contributed by atoms with Crippen LogP contribution in [0.2, 0.25) is 0 Å². The molecule has 3 heterocycles. The molecule has 0 spiro atoms. The van der Waals surface area contributed by atoms with E-state index in [9.17, 15) is 0 Å². The van der Waals surface area contributed by atoms with Crippen LogP contribution in [0.25, 0.3) is 5.65 Å². The highest BCUT2D eigenvalue weighted by atomic mass is 32.1. The van der Waals surface area contributed by atoms with Crippen molar-refractivity contribution in [3.8, 4) is 0 Å². The van der Waals surface area contributed by atoms with Gasteiger partial charge >= 0.3 is 0 Å². The van der Waals surface area contributed by atoms with Crippen molar-refractivity contribution in [2.45, 2.75) is 19.3 Å². The largest absolute Gasteiger partial charge is 0.375 e. The van der Waals surface area contributed by atoms with Gasteiger partial charge in [-0.2, -0.15) is 9.61 Å². The molecular formula is C11H12N6S. The molecule has 2 N–H and O–H groups in total. The first kappa shape index (κ1) is 11.1. The number of nitrogen functional groups attached to an aromatic ring is 1. The standard InChI is InChI=1S/C11H12N6S/c12-11-14-8(7-18-11)3-1-4-9-15-16-10-5-2-6-13-17(9)10/h2,5-7H,1,3-4H2,(H2,12,14). The average Bonchev–Trinajstić information content (AvgIpc) is 2.97. The number of aryl methyl sites for hydroxylation is 2. The monoisotopic (exact) mass is 260 g/mol. The molecule has 92 valence electrons. The number of hydrogen-bond acceptors (Lipinski definition) is 6. The molecule has 3 aromatic rings. The molecule has 6 nitrogen and oxygen atoms in total. The van der Waals surface area contributed by atoms with E-state index in [1.165, 1.54) is 11.3 Å². The summed E-state index contributed by atoms with van der Waals surface area (Å²) in [5.41, 5.74) is 7.41. The summed E-state index contributed by atoms with van der Waals surface area (Å²) in [6.07, 6.45) is 4.42. The molecule has 0 saturated carbocycles.